The lowest BCUT2D eigenvalue weighted by Gasteiger charge is -1.97. The summed E-state index contributed by atoms with van der Waals surface area (Å²) in [5.41, 5.74) is 1.42. The summed E-state index contributed by atoms with van der Waals surface area (Å²) in [4.78, 5) is 7.68. The van der Waals surface area contributed by atoms with Crippen LogP contribution < -0.4 is 0 Å². The number of allylic oxidation sites excluding steroid dienone is 1. The summed E-state index contributed by atoms with van der Waals surface area (Å²) in [6.07, 6.45) is 1.67. The van der Waals surface area contributed by atoms with Gasteiger partial charge in [-0.15, -0.1) is 0 Å². The Balaban J connectivity index is 2.73. The highest BCUT2D eigenvalue weighted by Gasteiger charge is 2.67. The molecule has 0 radical (unpaired) electrons. The van der Waals surface area contributed by atoms with E-state index in [4.69, 9.17) is 0 Å². The predicted octanol–water partition coefficient (Wildman–Crippen LogP) is 0.986. The summed E-state index contributed by atoms with van der Waals surface area (Å²) in [5.74, 6) is 0. The third kappa shape index (κ3) is 0.123. The molecule has 0 aliphatic carbocycles. The van der Waals surface area contributed by atoms with Crippen LogP contribution >= 0.6 is 7.14 Å². The highest BCUT2D eigenvalue weighted by molar-refractivity contribution is 8.13. The molecular weight excluding hydrogens is 123 g/mol. The molecule has 0 aromatic rings. The molecule has 0 aromatic carbocycles. The van der Waals surface area contributed by atoms with Crippen LogP contribution in [0.4, 0.5) is 0 Å². The molecule has 3 aliphatic rings. The standard InChI is InChI=1S/C4HN2OP/c7-8-2-1-5-4(8)6-3(2)8/h1H. The van der Waals surface area contributed by atoms with Gasteiger partial charge in [0, 0.05) is 6.20 Å². The first-order valence-corrected chi connectivity index (χ1v) is 4.03. The number of hydrogen-bond donors (Lipinski definition) is 0. The second-order valence-corrected chi connectivity index (χ2v) is 4.51. The van der Waals surface area contributed by atoms with Gasteiger partial charge in [-0.3, -0.25) is 0 Å². The van der Waals surface area contributed by atoms with Crippen molar-refractivity contribution in [1.82, 2.24) is 0 Å². The molecule has 0 N–H and O–H groups in total. The Morgan fingerprint density at radius 3 is 2.62 bits per heavy atom. The van der Waals surface area contributed by atoms with E-state index in [2.05, 4.69) is 9.98 Å². The quantitative estimate of drug-likeness (QED) is 0.444. The van der Waals surface area contributed by atoms with Gasteiger partial charge in [-0.1, -0.05) is 0 Å². The smallest absolute Gasteiger partial charge is 0.228 e. The van der Waals surface area contributed by atoms with E-state index in [0.717, 1.165) is 10.8 Å². The van der Waals surface area contributed by atoms with Crippen LogP contribution in [-0.4, -0.2) is 11.0 Å². The third-order valence-electron chi connectivity index (χ3n) is 1.61. The van der Waals surface area contributed by atoms with Crippen LogP contribution in [0.15, 0.2) is 21.5 Å². The van der Waals surface area contributed by atoms with E-state index < -0.39 is 7.14 Å². The predicted molar refractivity (Wildman–Crippen MR) is 30.6 cm³/mol. The van der Waals surface area contributed by atoms with E-state index in [9.17, 15) is 4.57 Å². The Morgan fingerprint density at radius 1 is 1.62 bits per heavy atom. The average molecular weight is 124 g/mol. The highest BCUT2D eigenvalue weighted by Crippen LogP contribution is 2.82. The van der Waals surface area contributed by atoms with Gasteiger partial charge in [0.05, 0.1) is 5.31 Å². The van der Waals surface area contributed by atoms with Gasteiger partial charge < -0.3 is 4.57 Å². The minimum atomic E-state index is -2.01. The normalized spacial score (nSPS) is 43.8. The van der Waals surface area contributed by atoms with Gasteiger partial charge in [-0.2, -0.15) is 0 Å². The first kappa shape index (κ1) is 3.36. The lowest BCUT2D eigenvalue weighted by molar-refractivity contribution is 0.596. The molecule has 1 atom stereocenters. The van der Waals surface area contributed by atoms with E-state index >= 15 is 0 Å². The van der Waals surface area contributed by atoms with E-state index in [0.29, 0.717) is 5.58 Å². The molecule has 0 bridgehead atoms. The van der Waals surface area contributed by atoms with Gasteiger partial charge >= 0.3 is 0 Å². The van der Waals surface area contributed by atoms with Gasteiger partial charge in [0.15, 0.2) is 5.58 Å². The van der Waals surface area contributed by atoms with Crippen molar-refractivity contribution < 1.29 is 4.57 Å². The van der Waals surface area contributed by atoms with Crippen molar-refractivity contribution in [2.24, 2.45) is 9.98 Å². The zero-order chi connectivity index (χ0) is 5.35. The molecule has 3 heterocycles. The lowest BCUT2D eigenvalue weighted by Crippen LogP contribution is -1.96. The van der Waals surface area contributed by atoms with E-state index in [1.165, 1.54) is 0 Å². The zero-order valence-corrected chi connectivity index (χ0v) is 4.72. The highest BCUT2D eigenvalue weighted by atomic mass is 31.2. The van der Waals surface area contributed by atoms with Crippen LogP contribution in [0, 0.1) is 0 Å². The molecule has 0 spiro atoms. The molecule has 0 aromatic heterocycles. The zero-order valence-electron chi connectivity index (χ0n) is 3.83. The van der Waals surface area contributed by atoms with Crippen LogP contribution in [-0.2, 0) is 4.57 Å². The number of fused-ring (bicyclic) bond motifs is 1. The summed E-state index contributed by atoms with van der Waals surface area (Å²) in [7, 11) is -2.01. The Labute approximate surface area is 45.2 Å². The number of aliphatic imine (C=N–C) groups is 2. The molecule has 3 aliphatic heterocycles. The van der Waals surface area contributed by atoms with E-state index in [1.807, 2.05) is 0 Å². The van der Waals surface area contributed by atoms with Gasteiger partial charge in [0.25, 0.3) is 0 Å². The summed E-state index contributed by atoms with van der Waals surface area (Å²) in [5, 5.41) is 0.910. The van der Waals surface area contributed by atoms with Crippen molar-refractivity contribution in [3.63, 3.8) is 0 Å². The summed E-state index contributed by atoms with van der Waals surface area (Å²) >= 11 is 0. The molecule has 1 unspecified atom stereocenters. The van der Waals surface area contributed by atoms with Crippen molar-refractivity contribution in [1.29, 1.82) is 0 Å². The summed E-state index contributed by atoms with van der Waals surface area (Å²) < 4.78 is 11.1. The molecule has 1 fully saturated rings. The number of hydrogen-bond acceptors (Lipinski definition) is 3. The topological polar surface area (TPSA) is 41.8 Å². The fourth-order valence-corrected chi connectivity index (χ4v) is 3.08. The Hall–Kier alpha value is -0.690. The van der Waals surface area contributed by atoms with E-state index in [-0.39, 0.29) is 0 Å². The molecule has 4 heteroatoms. The molecular formula is C4HN2OP. The summed E-state index contributed by atoms with van der Waals surface area (Å²) in [6.45, 7) is 0. The molecule has 3 nitrogen and oxygen atoms in total. The van der Waals surface area contributed by atoms with Crippen molar-refractivity contribution in [3.05, 3.63) is 11.5 Å². The third-order valence-corrected chi connectivity index (χ3v) is 4.10. The Kier molecular flexibility index (Phi) is 0.249. The fraction of sp³-hybridized carbons (Fsp3) is 0. The van der Waals surface area contributed by atoms with Gasteiger partial charge in [-0.05, 0) is 0 Å². The van der Waals surface area contributed by atoms with Crippen molar-refractivity contribution in [2.45, 2.75) is 0 Å². The first-order chi connectivity index (χ1) is 3.83. The number of nitrogens with zero attached hydrogens (tertiary/aromatic N) is 2. The minimum absolute atomic E-state index is 0.586. The van der Waals surface area contributed by atoms with Crippen molar-refractivity contribution in [2.75, 3.05) is 0 Å². The van der Waals surface area contributed by atoms with Gasteiger partial charge in [0.1, 0.15) is 5.45 Å². The Morgan fingerprint density at radius 2 is 2.50 bits per heavy atom. The molecule has 1 saturated heterocycles. The second kappa shape index (κ2) is 0.594. The molecule has 38 valence electrons. The number of amidine groups is 1. The van der Waals surface area contributed by atoms with Crippen LogP contribution in [0.3, 0.4) is 0 Å². The first-order valence-electron chi connectivity index (χ1n) is 2.32. The number of rotatable bonds is 0. The van der Waals surface area contributed by atoms with Gasteiger partial charge in [0.2, 0.25) is 7.14 Å². The minimum Gasteiger partial charge on any atom is -0.304 e. The maximum Gasteiger partial charge on any atom is 0.228 e. The lowest BCUT2D eigenvalue weighted by atomic mass is 10.6. The van der Waals surface area contributed by atoms with Crippen molar-refractivity contribution >= 4 is 18.2 Å². The SMILES string of the molecule is O=P12C3=CN=C1N=C32. The fourth-order valence-electron chi connectivity index (χ4n) is 1.05. The maximum absolute atomic E-state index is 11.1. The molecule has 3 rings (SSSR count). The van der Waals surface area contributed by atoms with Crippen LogP contribution in [0.5, 0.6) is 0 Å². The molecule has 0 saturated carbocycles. The van der Waals surface area contributed by atoms with Crippen LogP contribution in [0.2, 0.25) is 0 Å². The summed E-state index contributed by atoms with van der Waals surface area (Å²) in [6, 6.07) is 0. The monoisotopic (exact) mass is 124 g/mol. The second-order valence-electron chi connectivity index (χ2n) is 1.99. The van der Waals surface area contributed by atoms with Gasteiger partial charge in [-0.25, -0.2) is 9.98 Å². The van der Waals surface area contributed by atoms with Crippen LogP contribution in [0.1, 0.15) is 0 Å². The molecule has 0 amide bonds. The Bertz CT molecular complexity index is 293. The van der Waals surface area contributed by atoms with Crippen molar-refractivity contribution in [3.8, 4) is 0 Å². The molecule has 8 heavy (non-hydrogen) atoms. The maximum atomic E-state index is 11.1. The largest absolute Gasteiger partial charge is 0.304 e. The average Bonchev–Trinajstić information content (AvgIpc) is 2.13. The van der Waals surface area contributed by atoms with E-state index in [1.54, 1.807) is 6.20 Å². The van der Waals surface area contributed by atoms with Crippen LogP contribution in [0.25, 0.3) is 0 Å².